The molecule has 0 aliphatic heterocycles. The van der Waals surface area contributed by atoms with Gasteiger partial charge in [0, 0.05) is 32.6 Å². The number of aryl methyl sites for hydroxylation is 1. The van der Waals surface area contributed by atoms with Gasteiger partial charge in [-0.3, -0.25) is 9.59 Å². The maximum Gasteiger partial charge on any atom is 0.240 e. The van der Waals surface area contributed by atoms with Gasteiger partial charge in [-0.1, -0.05) is 32.4 Å². The van der Waals surface area contributed by atoms with Crippen LogP contribution in [0.5, 0.6) is 5.75 Å². The van der Waals surface area contributed by atoms with Crippen molar-refractivity contribution >= 4 is 11.8 Å². The molecule has 0 spiro atoms. The molecular weight excluding hydrogens is 410 g/mol. The average molecular weight is 452 g/mol. The van der Waals surface area contributed by atoms with Crippen LogP contribution in [0.3, 0.4) is 0 Å². The van der Waals surface area contributed by atoms with E-state index in [4.69, 9.17) is 25.7 Å². The summed E-state index contributed by atoms with van der Waals surface area (Å²) in [6.07, 6.45) is 3.17. The summed E-state index contributed by atoms with van der Waals surface area (Å²) in [7, 11) is 1.68. The number of nitrogens with two attached hydrogens (primary N) is 2. The van der Waals surface area contributed by atoms with Crippen LogP contribution in [0.1, 0.15) is 57.1 Å². The van der Waals surface area contributed by atoms with Crippen molar-refractivity contribution in [3.8, 4) is 5.75 Å². The van der Waals surface area contributed by atoms with Gasteiger partial charge in [-0.2, -0.15) is 0 Å². The molecule has 1 aromatic carbocycles. The molecule has 3 unspecified atom stereocenters. The number of hydrogen-bond acceptors (Lipinski definition) is 6. The van der Waals surface area contributed by atoms with Crippen molar-refractivity contribution < 1.29 is 23.8 Å². The van der Waals surface area contributed by atoms with Gasteiger partial charge in [0.25, 0.3) is 0 Å². The molecular formula is C24H41N3O5. The van der Waals surface area contributed by atoms with Crippen molar-refractivity contribution in [1.29, 1.82) is 0 Å². The van der Waals surface area contributed by atoms with E-state index in [0.717, 1.165) is 29.7 Å². The van der Waals surface area contributed by atoms with Crippen LogP contribution in [-0.4, -0.2) is 50.8 Å². The molecule has 0 radical (unpaired) electrons. The first-order valence-corrected chi connectivity index (χ1v) is 11.4. The first-order valence-electron chi connectivity index (χ1n) is 11.4. The SMILES string of the molecule is CCC(C)C(NC(=O)CCCC(N)COCc1ccc(C)c(OCCCOC)c1)C(N)=O. The molecule has 0 bridgehead atoms. The number of primary amides is 1. The molecule has 8 nitrogen and oxygen atoms in total. The molecule has 0 aliphatic carbocycles. The topological polar surface area (TPSA) is 126 Å². The second-order valence-corrected chi connectivity index (χ2v) is 8.30. The summed E-state index contributed by atoms with van der Waals surface area (Å²) in [5, 5.41) is 2.73. The minimum Gasteiger partial charge on any atom is -0.493 e. The lowest BCUT2D eigenvalue weighted by Gasteiger charge is -2.21. The lowest BCUT2D eigenvalue weighted by molar-refractivity contribution is -0.128. The van der Waals surface area contributed by atoms with E-state index in [9.17, 15) is 9.59 Å². The van der Waals surface area contributed by atoms with Crippen molar-refractivity contribution in [2.45, 2.75) is 71.6 Å². The first kappa shape index (κ1) is 27.9. The van der Waals surface area contributed by atoms with E-state index in [1.807, 2.05) is 39.0 Å². The summed E-state index contributed by atoms with van der Waals surface area (Å²) in [4.78, 5) is 23.6. The lowest BCUT2D eigenvalue weighted by Crippen LogP contribution is -2.48. The van der Waals surface area contributed by atoms with Crippen LogP contribution >= 0.6 is 0 Å². The van der Waals surface area contributed by atoms with Gasteiger partial charge in [-0.15, -0.1) is 0 Å². The van der Waals surface area contributed by atoms with Gasteiger partial charge in [0.15, 0.2) is 0 Å². The third-order valence-electron chi connectivity index (χ3n) is 5.42. The van der Waals surface area contributed by atoms with Crippen LogP contribution < -0.4 is 21.5 Å². The van der Waals surface area contributed by atoms with Gasteiger partial charge in [0.2, 0.25) is 11.8 Å². The van der Waals surface area contributed by atoms with E-state index in [1.165, 1.54) is 0 Å². The monoisotopic (exact) mass is 451 g/mol. The Kier molecular flexibility index (Phi) is 13.6. The summed E-state index contributed by atoms with van der Waals surface area (Å²) in [5.74, 6) is 0.173. The number of hydrogen-bond donors (Lipinski definition) is 3. The third-order valence-corrected chi connectivity index (χ3v) is 5.42. The van der Waals surface area contributed by atoms with Crippen molar-refractivity contribution in [3.63, 3.8) is 0 Å². The Morgan fingerprint density at radius 3 is 2.59 bits per heavy atom. The molecule has 0 heterocycles. The molecule has 182 valence electrons. The maximum atomic E-state index is 12.1. The van der Waals surface area contributed by atoms with E-state index in [-0.39, 0.29) is 17.9 Å². The van der Waals surface area contributed by atoms with Gasteiger partial charge < -0.3 is 31.0 Å². The number of rotatable bonds is 17. The van der Waals surface area contributed by atoms with Crippen LogP contribution in [0, 0.1) is 12.8 Å². The Morgan fingerprint density at radius 2 is 1.94 bits per heavy atom. The molecule has 0 aliphatic rings. The number of benzene rings is 1. The Balaban J connectivity index is 2.31. The van der Waals surface area contributed by atoms with Crippen molar-refractivity contribution in [2.24, 2.45) is 17.4 Å². The Bertz CT molecular complexity index is 698. The summed E-state index contributed by atoms with van der Waals surface area (Å²) in [6.45, 7) is 7.98. The maximum absolute atomic E-state index is 12.1. The number of carbonyl (C=O) groups excluding carboxylic acids is 2. The van der Waals surface area contributed by atoms with E-state index < -0.39 is 11.9 Å². The fourth-order valence-electron chi connectivity index (χ4n) is 3.19. The van der Waals surface area contributed by atoms with Crippen molar-refractivity contribution in [1.82, 2.24) is 5.32 Å². The lowest BCUT2D eigenvalue weighted by atomic mass is 9.98. The van der Waals surface area contributed by atoms with Gasteiger partial charge >= 0.3 is 0 Å². The number of nitrogens with one attached hydrogen (secondary N) is 1. The smallest absolute Gasteiger partial charge is 0.240 e. The zero-order valence-corrected chi connectivity index (χ0v) is 20.0. The largest absolute Gasteiger partial charge is 0.493 e. The highest BCUT2D eigenvalue weighted by Gasteiger charge is 2.23. The molecule has 8 heteroatoms. The summed E-state index contributed by atoms with van der Waals surface area (Å²) >= 11 is 0. The van der Waals surface area contributed by atoms with Crippen LogP contribution in [0.25, 0.3) is 0 Å². The van der Waals surface area contributed by atoms with Gasteiger partial charge in [-0.25, -0.2) is 0 Å². The molecule has 5 N–H and O–H groups in total. The van der Waals surface area contributed by atoms with E-state index in [0.29, 0.717) is 45.7 Å². The predicted octanol–water partition coefficient (Wildman–Crippen LogP) is 2.44. The first-order chi connectivity index (χ1) is 15.3. The Hall–Kier alpha value is -2.16. The standard InChI is InChI=1S/C24H41N3O5/c1-5-17(2)23(24(26)29)27-22(28)9-6-8-20(25)16-31-15-19-11-10-18(3)21(14-19)32-13-7-12-30-4/h10-11,14,17,20,23H,5-9,12-13,15-16,25H2,1-4H3,(H2,26,29)(H,27,28). The zero-order valence-electron chi connectivity index (χ0n) is 20.0. The summed E-state index contributed by atoms with van der Waals surface area (Å²) in [5.41, 5.74) is 13.6. The fourth-order valence-corrected chi connectivity index (χ4v) is 3.19. The molecule has 3 atom stereocenters. The molecule has 0 saturated carbocycles. The average Bonchev–Trinajstić information content (AvgIpc) is 2.76. The van der Waals surface area contributed by atoms with E-state index >= 15 is 0 Å². The van der Waals surface area contributed by atoms with Gasteiger partial charge in [0.05, 0.1) is 19.8 Å². The zero-order chi connectivity index (χ0) is 23.9. The number of methoxy groups -OCH3 is 1. The van der Waals surface area contributed by atoms with Gasteiger partial charge in [-0.05, 0) is 42.9 Å². The number of carbonyl (C=O) groups is 2. The highest BCUT2D eigenvalue weighted by Crippen LogP contribution is 2.20. The minimum absolute atomic E-state index is 0.00477. The highest BCUT2D eigenvalue weighted by molar-refractivity contribution is 5.86. The molecule has 32 heavy (non-hydrogen) atoms. The van der Waals surface area contributed by atoms with Gasteiger partial charge in [0.1, 0.15) is 11.8 Å². The van der Waals surface area contributed by atoms with E-state index in [2.05, 4.69) is 5.32 Å². The highest BCUT2D eigenvalue weighted by atomic mass is 16.5. The van der Waals surface area contributed by atoms with Crippen LogP contribution in [0.4, 0.5) is 0 Å². The summed E-state index contributed by atoms with van der Waals surface area (Å²) in [6, 6.07) is 5.22. The van der Waals surface area contributed by atoms with Crippen LogP contribution in [0.2, 0.25) is 0 Å². The molecule has 0 saturated heterocycles. The van der Waals surface area contributed by atoms with E-state index in [1.54, 1.807) is 7.11 Å². The second-order valence-electron chi connectivity index (χ2n) is 8.30. The predicted molar refractivity (Wildman–Crippen MR) is 125 cm³/mol. The van der Waals surface area contributed by atoms with Crippen LogP contribution in [-0.2, 0) is 25.7 Å². The molecule has 0 fully saturated rings. The quantitative estimate of drug-likeness (QED) is 0.312. The number of amides is 2. The normalized spacial score (nSPS) is 13.9. The van der Waals surface area contributed by atoms with Crippen molar-refractivity contribution in [3.05, 3.63) is 29.3 Å². The fraction of sp³-hybridized carbons (Fsp3) is 0.667. The summed E-state index contributed by atoms with van der Waals surface area (Å²) < 4.78 is 16.6. The molecule has 2 amide bonds. The number of ether oxygens (including phenoxy) is 3. The molecule has 1 rings (SSSR count). The Labute approximate surface area is 192 Å². The molecule has 1 aromatic rings. The molecule has 0 aromatic heterocycles. The minimum atomic E-state index is -0.632. The van der Waals surface area contributed by atoms with Crippen molar-refractivity contribution in [2.75, 3.05) is 26.9 Å². The third kappa shape index (κ3) is 10.9. The van der Waals surface area contributed by atoms with Crippen LogP contribution in [0.15, 0.2) is 18.2 Å². The second kappa shape index (κ2) is 15.6. The Morgan fingerprint density at radius 1 is 1.19 bits per heavy atom.